The Balaban J connectivity index is 1.44. The van der Waals surface area contributed by atoms with Crippen molar-refractivity contribution < 1.29 is 14.3 Å². The Bertz CT molecular complexity index is 1070. The second kappa shape index (κ2) is 9.09. The third-order valence-corrected chi connectivity index (χ3v) is 6.19. The lowest BCUT2D eigenvalue weighted by Crippen LogP contribution is -2.47. The van der Waals surface area contributed by atoms with Gasteiger partial charge in [-0.25, -0.2) is 14.5 Å². The van der Waals surface area contributed by atoms with Crippen LogP contribution in [0, 0.1) is 13.8 Å². The van der Waals surface area contributed by atoms with Crippen molar-refractivity contribution >= 4 is 34.1 Å². The molecular weight excluding hydrogens is 416 g/mol. The van der Waals surface area contributed by atoms with Crippen molar-refractivity contribution in [1.82, 2.24) is 24.6 Å². The van der Waals surface area contributed by atoms with Crippen molar-refractivity contribution in [2.75, 3.05) is 4.90 Å². The molecule has 0 radical (unpaired) electrons. The SMILES string of the molecule is Cc1cc(C)n2nc(CC(=O)OC(C)C(=O)N(c3nccs3)C3CCCCC3)nc2n1. The van der Waals surface area contributed by atoms with Crippen molar-refractivity contribution in [2.24, 2.45) is 0 Å². The first-order chi connectivity index (χ1) is 14.9. The molecule has 1 fully saturated rings. The Hall–Kier alpha value is -2.88. The molecule has 1 aliphatic rings. The van der Waals surface area contributed by atoms with Gasteiger partial charge in [0.15, 0.2) is 17.1 Å². The summed E-state index contributed by atoms with van der Waals surface area (Å²) in [7, 11) is 0. The minimum Gasteiger partial charge on any atom is -0.452 e. The molecular formula is C21H26N6O3S. The number of nitrogens with zero attached hydrogens (tertiary/aromatic N) is 6. The Labute approximate surface area is 184 Å². The van der Waals surface area contributed by atoms with Gasteiger partial charge in [0.05, 0.1) is 0 Å². The largest absolute Gasteiger partial charge is 0.452 e. The molecule has 0 N–H and O–H groups in total. The van der Waals surface area contributed by atoms with Crippen LogP contribution in [0.3, 0.4) is 0 Å². The Morgan fingerprint density at radius 3 is 2.74 bits per heavy atom. The fourth-order valence-corrected chi connectivity index (χ4v) is 4.72. The van der Waals surface area contributed by atoms with E-state index in [1.165, 1.54) is 17.8 Å². The Kier molecular flexibility index (Phi) is 6.26. The van der Waals surface area contributed by atoms with Gasteiger partial charge >= 0.3 is 5.97 Å². The van der Waals surface area contributed by atoms with Gasteiger partial charge in [0.2, 0.25) is 0 Å². The van der Waals surface area contributed by atoms with Crippen LogP contribution < -0.4 is 4.90 Å². The number of carbonyl (C=O) groups is 2. The van der Waals surface area contributed by atoms with E-state index in [4.69, 9.17) is 4.74 Å². The summed E-state index contributed by atoms with van der Waals surface area (Å²) in [6.45, 7) is 5.39. The average Bonchev–Trinajstić information content (AvgIpc) is 3.39. The van der Waals surface area contributed by atoms with Crippen LogP contribution in [0.1, 0.15) is 56.2 Å². The van der Waals surface area contributed by atoms with Gasteiger partial charge in [0, 0.05) is 29.0 Å². The number of ether oxygens (including phenoxy) is 1. The molecule has 164 valence electrons. The predicted molar refractivity (Wildman–Crippen MR) is 116 cm³/mol. The Morgan fingerprint density at radius 2 is 2.03 bits per heavy atom. The van der Waals surface area contributed by atoms with Crippen LogP contribution in [0.15, 0.2) is 17.6 Å². The molecule has 0 spiro atoms. The number of hydrogen-bond acceptors (Lipinski definition) is 8. The van der Waals surface area contributed by atoms with E-state index >= 15 is 0 Å². The number of aromatic nitrogens is 5. The number of esters is 1. The van der Waals surface area contributed by atoms with Crippen molar-refractivity contribution in [1.29, 1.82) is 0 Å². The summed E-state index contributed by atoms with van der Waals surface area (Å²) in [4.78, 5) is 40.4. The van der Waals surface area contributed by atoms with E-state index < -0.39 is 12.1 Å². The molecule has 1 atom stereocenters. The lowest BCUT2D eigenvalue weighted by molar-refractivity contribution is -0.153. The van der Waals surface area contributed by atoms with Gasteiger partial charge in [-0.05, 0) is 39.7 Å². The van der Waals surface area contributed by atoms with E-state index in [9.17, 15) is 9.59 Å². The molecule has 3 aromatic rings. The number of carbonyl (C=O) groups excluding carboxylic acids is 2. The normalized spacial score (nSPS) is 15.7. The van der Waals surface area contributed by atoms with E-state index in [0.29, 0.717) is 16.7 Å². The minimum absolute atomic E-state index is 0.0888. The molecule has 1 aliphatic carbocycles. The first-order valence-electron chi connectivity index (χ1n) is 10.5. The van der Waals surface area contributed by atoms with Crippen LogP contribution in [0.2, 0.25) is 0 Å². The van der Waals surface area contributed by atoms with E-state index in [-0.39, 0.29) is 18.4 Å². The van der Waals surface area contributed by atoms with Crippen LogP contribution in [-0.2, 0) is 20.7 Å². The van der Waals surface area contributed by atoms with E-state index in [0.717, 1.165) is 37.1 Å². The van der Waals surface area contributed by atoms with Gasteiger partial charge in [0.1, 0.15) is 6.42 Å². The lowest BCUT2D eigenvalue weighted by Gasteiger charge is -2.33. The monoisotopic (exact) mass is 442 g/mol. The van der Waals surface area contributed by atoms with E-state index in [1.54, 1.807) is 22.5 Å². The zero-order valence-corrected chi connectivity index (χ0v) is 18.8. The molecule has 10 heteroatoms. The quantitative estimate of drug-likeness (QED) is 0.541. The number of anilines is 1. The third kappa shape index (κ3) is 4.73. The molecule has 0 aromatic carbocycles. The number of aryl methyl sites for hydroxylation is 2. The average molecular weight is 443 g/mol. The first-order valence-corrected chi connectivity index (χ1v) is 11.4. The van der Waals surface area contributed by atoms with Gasteiger partial charge in [-0.15, -0.1) is 16.4 Å². The summed E-state index contributed by atoms with van der Waals surface area (Å²) in [6.07, 6.45) is 5.86. The van der Waals surface area contributed by atoms with Gasteiger partial charge < -0.3 is 4.74 Å². The molecule has 1 amide bonds. The first kappa shape index (κ1) is 21.4. The highest BCUT2D eigenvalue weighted by molar-refractivity contribution is 7.13. The molecule has 1 unspecified atom stereocenters. The fraction of sp³-hybridized carbons (Fsp3) is 0.524. The Morgan fingerprint density at radius 1 is 1.26 bits per heavy atom. The predicted octanol–water partition coefficient (Wildman–Crippen LogP) is 3.04. The lowest BCUT2D eigenvalue weighted by atomic mass is 9.94. The van der Waals surface area contributed by atoms with Crippen molar-refractivity contribution in [3.05, 3.63) is 34.9 Å². The molecule has 1 saturated carbocycles. The third-order valence-electron chi connectivity index (χ3n) is 5.42. The second-order valence-corrected chi connectivity index (χ2v) is 8.78. The molecule has 3 heterocycles. The van der Waals surface area contributed by atoms with Gasteiger partial charge in [-0.1, -0.05) is 19.3 Å². The molecule has 9 nitrogen and oxygen atoms in total. The number of fused-ring (bicyclic) bond motifs is 1. The van der Waals surface area contributed by atoms with E-state index in [1.807, 2.05) is 25.3 Å². The van der Waals surface area contributed by atoms with Crippen LogP contribution in [-0.4, -0.2) is 48.6 Å². The maximum Gasteiger partial charge on any atom is 0.314 e. The summed E-state index contributed by atoms with van der Waals surface area (Å²) in [5.74, 6) is -0.0354. The van der Waals surface area contributed by atoms with Crippen LogP contribution in [0.5, 0.6) is 0 Å². The van der Waals surface area contributed by atoms with Gasteiger partial charge in [0.25, 0.3) is 11.7 Å². The topological polar surface area (TPSA) is 103 Å². The summed E-state index contributed by atoms with van der Waals surface area (Å²) in [5.41, 5.74) is 1.71. The maximum atomic E-state index is 13.2. The highest BCUT2D eigenvalue weighted by Crippen LogP contribution is 2.29. The highest BCUT2D eigenvalue weighted by atomic mass is 32.1. The van der Waals surface area contributed by atoms with Gasteiger partial charge in [-0.2, -0.15) is 4.98 Å². The molecule has 0 saturated heterocycles. The van der Waals surface area contributed by atoms with Crippen molar-refractivity contribution in [3.8, 4) is 0 Å². The summed E-state index contributed by atoms with van der Waals surface area (Å²) < 4.78 is 7.07. The zero-order chi connectivity index (χ0) is 22.0. The summed E-state index contributed by atoms with van der Waals surface area (Å²) in [5, 5.41) is 6.83. The fourth-order valence-electron chi connectivity index (χ4n) is 4.00. The minimum atomic E-state index is -0.919. The smallest absolute Gasteiger partial charge is 0.314 e. The molecule has 4 rings (SSSR count). The van der Waals surface area contributed by atoms with Gasteiger partial charge in [-0.3, -0.25) is 14.5 Å². The summed E-state index contributed by atoms with van der Waals surface area (Å²) in [6, 6.07) is 1.98. The zero-order valence-electron chi connectivity index (χ0n) is 17.9. The van der Waals surface area contributed by atoms with Crippen LogP contribution in [0.4, 0.5) is 5.13 Å². The molecule has 0 aliphatic heterocycles. The number of amides is 1. The van der Waals surface area contributed by atoms with Crippen molar-refractivity contribution in [2.45, 2.75) is 71.4 Å². The highest BCUT2D eigenvalue weighted by Gasteiger charge is 2.33. The standard InChI is InChI=1S/C21H26N6O3S/c1-13-11-14(2)27-20(23-13)24-17(25-27)12-18(28)30-15(3)19(29)26(21-22-9-10-31-21)16-7-5-4-6-8-16/h9-11,15-16H,4-8,12H2,1-3H3. The van der Waals surface area contributed by atoms with E-state index in [2.05, 4.69) is 20.1 Å². The molecule has 0 bridgehead atoms. The molecule has 3 aromatic heterocycles. The van der Waals surface area contributed by atoms with Crippen LogP contribution >= 0.6 is 11.3 Å². The number of thiazole rings is 1. The summed E-state index contributed by atoms with van der Waals surface area (Å²) >= 11 is 1.42. The second-order valence-electron chi connectivity index (χ2n) is 7.90. The maximum absolute atomic E-state index is 13.2. The van der Waals surface area contributed by atoms with Crippen molar-refractivity contribution in [3.63, 3.8) is 0 Å². The number of hydrogen-bond donors (Lipinski definition) is 0. The number of rotatable bonds is 6. The van der Waals surface area contributed by atoms with Crippen LogP contribution in [0.25, 0.3) is 5.78 Å². The molecule has 31 heavy (non-hydrogen) atoms.